The molecule has 0 unspecified atom stereocenters. The van der Waals surface area contributed by atoms with Crippen molar-refractivity contribution in [2.24, 2.45) is 0 Å². The Labute approximate surface area is 189 Å². The molecule has 1 aliphatic heterocycles. The van der Waals surface area contributed by atoms with Crippen LogP contribution in [0.15, 0.2) is 42.5 Å². The highest BCUT2D eigenvalue weighted by molar-refractivity contribution is 6.04. The van der Waals surface area contributed by atoms with Crippen molar-refractivity contribution in [1.82, 2.24) is 9.80 Å². The van der Waals surface area contributed by atoms with Gasteiger partial charge in [-0.3, -0.25) is 9.69 Å². The molecule has 0 aromatic heterocycles. The molecule has 3 rings (SSSR count). The van der Waals surface area contributed by atoms with E-state index in [1.165, 1.54) is 17.7 Å². The van der Waals surface area contributed by atoms with Crippen molar-refractivity contribution in [3.8, 4) is 0 Å². The number of ether oxygens (including phenoxy) is 1. The van der Waals surface area contributed by atoms with Crippen LogP contribution in [0.5, 0.6) is 0 Å². The van der Waals surface area contributed by atoms with Gasteiger partial charge in [-0.2, -0.15) is 0 Å². The molecule has 6 nitrogen and oxygen atoms in total. The summed E-state index contributed by atoms with van der Waals surface area (Å²) in [5.74, 6) is -1.00. The molecule has 1 fully saturated rings. The standard InChI is InChI=1S/C25H32FN3O3/c1-5-18-16-20(27-23(30)21-8-6-7-9-22(21)26)11-10-19(18)17-28-12-14-29(15-13-28)24(31)32-25(2,3)4/h6-11,16H,5,12-15,17H2,1-4H3,(H,27,30). The Kier molecular flexibility index (Phi) is 7.51. The number of carbonyl (C=O) groups excluding carboxylic acids is 2. The lowest BCUT2D eigenvalue weighted by molar-refractivity contribution is 0.0138. The topological polar surface area (TPSA) is 61.9 Å². The van der Waals surface area contributed by atoms with Crippen LogP contribution in [-0.2, 0) is 17.7 Å². The highest BCUT2D eigenvalue weighted by atomic mass is 19.1. The van der Waals surface area contributed by atoms with Crippen LogP contribution in [-0.4, -0.2) is 53.6 Å². The molecule has 7 heteroatoms. The van der Waals surface area contributed by atoms with E-state index in [-0.39, 0.29) is 11.7 Å². The summed E-state index contributed by atoms with van der Waals surface area (Å²) >= 11 is 0. The number of piperazine rings is 1. The summed E-state index contributed by atoms with van der Waals surface area (Å²) in [7, 11) is 0. The van der Waals surface area contributed by atoms with Crippen LogP contribution in [0.1, 0.15) is 49.2 Å². The Bertz CT molecular complexity index is 963. The van der Waals surface area contributed by atoms with Gasteiger partial charge in [0, 0.05) is 38.4 Å². The number of benzene rings is 2. The monoisotopic (exact) mass is 441 g/mol. The van der Waals surface area contributed by atoms with Crippen LogP contribution in [0.2, 0.25) is 0 Å². The van der Waals surface area contributed by atoms with Crippen molar-refractivity contribution in [3.63, 3.8) is 0 Å². The maximum absolute atomic E-state index is 13.9. The molecule has 172 valence electrons. The van der Waals surface area contributed by atoms with Crippen LogP contribution in [0.3, 0.4) is 0 Å². The zero-order valence-electron chi connectivity index (χ0n) is 19.3. The van der Waals surface area contributed by atoms with Gasteiger partial charge < -0.3 is 15.0 Å². The van der Waals surface area contributed by atoms with Gasteiger partial charge >= 0.3 is 6.09 Å². The Morgan fingerprint density at radius 3 is 2.34 bits per heavy atom. The van der Waals surface area contributed by atoms with E-state index in [4.69, 9.17) is 4.74 Å². The number of hydrogen-bond acceptors (Lipinski definition) is 4. The summed E-state index contributed by atoms with van der Waals surface area (Å²) in [4.78, 5) is 28.7. The number of anilines is 1. The van der Waals surface area contributed by atoms with Crippen molar-refractivity contribution in [3.05, 3.63) is 65.0 Å². The van der Waals surface area contributed by atoms with Crippen molar-refractivity contribution in [1.29, 1.82) is 0 Å². The van der Waals surface area contributed by atoms with Gasteiger partial charge in [0.2, 0.25) is 0 Å². The molecular formula is C25H32FN3O3. The third-order valence-corrected chi connectivity index (χ3v) is 5.38. The van der Waals surface area contributed by atoms with Gasteiger partial charge in [-0.15, -0.1) is 0 Å². The van der Waals surface area contributed by atoms with E-state index < -0.39 is 17.3 Å². The molecule has 32 heavy (non-hydrogen) atoms. The lowest BCUT2D eigenvalue weighted by Crippen LogP contribution is -2.49. The van der Waals surface area contributed by atoms with E-state index in [1.807, 2.05) is 39.0 Å². The van der Waals surface area contributed by atoms with E-state index in [0.29, 0.717) is 18.8 Å². The fourth-order valence-corrected chi connectivity index (χ4v) is 3.69. The smallest absolute Gasteiger partial charge is 0.410 e. The summed E-state index contributed by atoms with van der Waals surface area (Å²) in [6.45, 7) is 11.3. The molecule has 1 N–H and O–H groups in total. The minimum atomic E-state index is -0.539. The molecule has 2 amide bonds. The number of aryl methyl sites for hydroxylation is 1. The normalized spacial score (nSPS) is 14.8. The predicted octanol–water partition coefficient (Wildman–Crippen LogP) is 4.69. The molecule has 0 spiro atoms. The number of halogens is 1. The maximum atomic E-state index is 13.9. The highest BCUT2D eigenvalue weighted by Crippen LogP contribution is 2.21. The van der Waals surface area contributed by atoms with E-state index in [9.17, 15) is 14.0 Å². The van der Waals surface area contributed by atoms with Crippen molar-refractivity contribution >= 4 is 17.7 Å². The second kappa shape index (κ2) is 10.1. The third kappa shape index (κ3) is 6.29. The Morgan fingerprint density at radius 2 is 1.72 bits per heavy atom. The molecule has 1 saturated heterocycles. The first-order valence-electron chi connectivity index (χ1n) is 11.0. The number of carbonyl (C=O) groups is 2. The Hall–Kier alpha value is -2.93. The molecular weight excluding hydrogens is 409 g/mol. The van der Waals surface area contributed by atoms with Crippen LogP contribution < -0.4 is 5.32 Å². The molecule has 2 aromatic rings. The highest BCUT2D eigenvalue weighted by Gasteiger charge is 2.26. The first-order chi connectivity index (χ1) is 15.2. The van der Waals surface area contributed by atoms with Gasteiger partial charge in [-0.05, 0) is 62.6 Å². The fraction of sp³-hybridized carbons (Fsp3) is 0.440. The van der Waals surface area contributed by atoms with Crippen molar-refractivity contribution in [2.45, 2.75) is 46.3 Å². The van der Waals surface area contributed by atoms with Gasteiger partial charge in [0.1, 0.15) is 11.4 Å². The van der Waals surface area contributed by atoms with E-state index >= 15 is 0 Å². The third-order valence-electron chi connectivity index (χ3n) is 5.38. The SMILES string of the molecule is CCc1cc(NC(=O)c2ccccc2F)ccc1CN1CCN(C(=O)OC(C)(C)C)CC1. The van der Waals surface area contributed by atoms with Gasteiger partial charge in [0.15, 0.2) is 0 Å². The minimum Gasteiger partial charge on any atom is -0.444 e. The Balaban J connectivity index is 1.59. The van der Waals surface area contributed by atoms with Gasteiger partial charge in [0.05, 0.1) is 5.56 Å². The van der Waals surface area contributed by atoms with Crippen LogP contribution >= 0.6 is 0 Å². The number of rotatable bonds is 5. The summed E-state index contributed by atoms with van der Waals surface area (Å²) in [5.41, 5.74) is 2.49. The van der Waals surface area contributed by atoms with E-state index in [2.05, 4.69) is 17.1 Å². The first-order valence-corrected chi connectivity index (χ1v) is 11.0. The number of hydrogen-bond donors (Lipinski definition) is 1. The van der Waals surface area contributed by atoms with Crippen molar-refractivity contribution in [2.75, 3.05) is 31.5 Å². The van der Waals surface area contributed by atoms with Crippen LogP contribution in [0.25, 0.3) is 0 Å². The molecule has 1 heterocycles. The van der Waals surface area contributed by atoms with Gasteiger partial charge in [-0.25, -0.2) is 9.18 Å². The van der Waals surface area contributed by atoms with Crippen LogP contribution in [0.4, 0.5) is 14.9 Å². The predicted molar refractivity (Wildman–Crippen MR) is 123 cm³/mol. The fourth-order valence-electron chi connectivity index (χ4n) is 3.69. The number of nitrogens with one attached hydrogen (secondary N) is 1. The van der Waals surface area contributed by atoms with Crippen LogP contribution in [0, 0.1) is 5.82 Å². The molecule has 1 aliphatic rings. The summed E-state index contributed by atoms with van der Waals surface area (Å²) in [5, 5.41) is 2.79. The minimum absolute atomic E-state index is 0.0254. The quantitative estimate of drug-likeness (QED) is 0.731. The summed E-state index contributed by atoms with van der Waals surface area (Å²) in [6.07, 6.45) is 0.553. The van der Waals surface area contributed by atoms with Gasteiger partial charge in [0.25, 0.3) is 5.91 Å². The molecule has 0 radical (unpaired) electrons. The molecule has 0 bridgehead atoms. The Morgan fingerprint density at radius 1 is 1.03 bits per heavy atom. The van der Waals surface area contributed by atoms with Crippen molar-refractivity contribution < 1.29 is 18.7 Å². The lowest BCUT2D eigenvalue weighted by Gasteiger charge is -2.35. The zero-order chi connectivity index (χ0) is 23.3. The van der Waals surface area contributed by atoms with E-state index in [0.717, 1.165) is 31.6 Å². The lowest BCUT2D eigenvalue weighted by atomic mass is 10.0. The number of nitrogens with zero attached hydrogens (tertiary/aromatic N) is 2. The zero-order valence-corrected chi connectivity index (χ0v) is 19.3. The first kappa shape index (κ1) is 23.7. The molecule has 0 saturated carbocycles. The molecule has 0 atom stereocenters. The second-order valence-corrected chi connectivity index (χ2v) is 9.01. The average molecular weight is 442 g/mol. The summed E-state index contributed by atoms with van der Waals surface area (Å²) in [6, 6.07) is 11.8. The summed E-state index contributed by atoms with van der Waals surface area (Å²) < 4.78 is 19.3. The largest absolute Gasteiger partial charge is 0.444 e. The average Bonchev–Trinajstić information content (AvgIpc) is 2.74. The van der Waals surface area contributed by atoms with Gasteiger partial charge in [-0.1, -0.05) is 25.1 Å². The number of amides is 2. The second-order valence-electron chi connectivity index (χ2n) is 9.01. The van der Waals surface area contributed by atoms with E-state index in [1.54, 1.807) is 17.0 Å². The molecule has 2 aromatic carbocycles. The molecule has 0 aliphatic carbocycles. The maximum Gasteiger partial charge on any atom is 0.410 e.